The monoisotopic (exact) mass is 334 g/mol. The summed E-state index contributed by atoms with van der Waals surface area (Å²) in [6.45, 7) is 1.92. The number of carbonyl (C=O) groups excluding carboxylic acids is 3. The number of ether oxygens (including phenoxy) is 2. The third-order valence-electron chi connectivity index (χ3n) is 5.47. The number of Topliss-reactive ketones (excluding diaryl/α,β-unsaturated/α-hetero) is 2. The molecule has 5 N–H and O–H groups in total. The molecule has 128 valence electrons. The van der Waals surface area contributed by atoms with E-state index in [0.717, 1.165) is 0 Å². The molecule has 24 heavy (non-hydrogen) atoms. The molecule has 4 aliphatic rings. The summed E-state index contributed by atoms with van der Waals surface area (Å²) in [6, 6.07) is 0.109. The average molecular weight is 334 g/mol. The van der Waals surface area contributed by atoms with E-state index in [2.05, 4.69) is 5.32 Å². The van der Waals surface area contributed by atoms with E-state index in [1.54, 1.807) is 0 Å². The quantitative estimate of drug-likeness (QED) is 0.411. The summed E-state index contributed by atoms with van der Waals surface area (Å²) in [4.78, 5) is 38.4. The number of piperazine rings is 1. The molecular formula is C15H18N4O5. The molecule has 2 fully saturated rings. The summed E-state index contributed by atoms with van der Waals surface area (Å²) >= 11 is 0. The van der Waals surface area contributed by atoms with Crippen LogP contribution in [0.15, 0.2) is 22.5 Å². The summed E-state index contributed by atoms with van der Waals surface area (Å²) in [7, 11) is 1.52. The highest BCUT2D eigenvalue weighted by atomic mass is 16.6. The fourth-order valence-corrected chi connectivity index (χ4v) is 4.31. The molecule has 0 aromatic rings. The first-order valence-electron chi connectivity index (χ1n) is 7.65. The predicted molar refractivity (Wildman–Crippen MR) is 80.1 cm³/mol. The number of carbonyl (C=O) groups is 3. The van der Waals surface area contributed by atoms with Crippen molar-refractivity contribution in [2.45, 2.75) is 24.7 Å². The standard InChI is InChI=1S/C15H18N4O5/c1-5-9(16)12(21)8-6(4-24-14(17)22)15(23-2)13-7(18-13)3-19(15)10(8)11(5)20/h6-7,13,18H,3-4,16H2,1-2H3,(H2,17,22)/t6?,7?,13?,15-/m1/s1. The Morgan fingerprint density at radius 1 is 1.42 bits per heavy atom. The second kappa shape index (κ2) is 4.58. The SMILES string of the molecule is CO[C@@]12C(COC(N)=O)C3=C(C(=O)C(C)=C(N)C3=O)N1CC1NC12. The molecule has 1 aliphatic carbocycles. The maximum Gasteiger partial charge on any atom is 0.404 e. The highest BCUT2D eigenvalue weighted by Crippen LogP contribution is 2.55. The van der Waals surface area contributed by atoms with Gasteiger partial charge >= 0.3 is 6.09 Å². The number of hydrogen-bond donors (Lipinski definition) is 3. The van der Waals surface area contributed by atoms with Gasteiger partial charge in [0.15, 0.2) is 5.72 Å². The molecule has 3 heterocycles. The number of nitrogens with two attached hydrogens (primary N) is 2. The Balaban J connectivity index is 1.85. The van der Waals surface area contributed by atoms with Crippen molar-refractivity contribution in [2.75, 3.05) is 20.3 Å². The first kappa shape index (κ1) is 15.2. The zero-order chi connectivity index (χ0) is 17.4. The molecule has 0 aromatic carbocycles. The molecule has 9 nitrogen and oxygen atoms in total. The molecule has 0 saturated carbocycles. The van der Waals surface area contributed by atoms with E-state index in [-0.39, 0.29) is 41.3 Å². The third-order valence-corrected chi connectivity index (χ3v) is 5.47. The number of rotatable bonds is 3. The Morgan fingerprint density at radius 3 is 2.75 bits per heavy atom. The van der Waals surface area contributed by atoms with Gasteiger partial charge in [0.2, 0.25) is 11.6 Å². The lowest BCUT2D eigenvalue weighted by Gasteiger charge is -2.39. The van der Waals surface area contributed by atoms with Gasteiger partial charge in [-0.2, -0.15) is 0 Å². The highest BCUT2D eigenvalue weighted by Gasteiger charge is 2.72. The lowest BCUT2D eigenvalue weighted by atomic mass is 9.82. The first-order valence-corrected chi connectivity index (χ1v) is 7.65. The van der Waals surface area contributed by atoms with E-state index < -0.39 is 23.5 Å². The molecular weight excluding hydrogens is 316 g/mol. The Labute approximate surface area is 137 Å². The van der Waals surface area contributed by atoms with Crippen LogP contribution in [0.5, 0.6) is 0 Å². The summed E-state index contributed by atoms with van der Waals surface area (Å²) in [5.74, 6) is -1.34. The van der Waals surface area contributed by atoms with Gasteiger partial charge in [0.25, 0.3) is 0 Å². The average Bonchev–Trinajstić information content (AvgIpc) is 3.16. The second-order valence-corrected chi connectivity index (χ2v) is 6.46. The fourth-order valence-electron chi connectivity index (χ4n) is 4.31. The van der Waals surface area contributed by atoms with Crippen LogP contribution in [-0.4, -0.2) is 60.6 Å². The first-order chi connectivity index (χ1) is 11.3. The van der Waals surface area contributed by atoms with Crippen molar-refractivity contribution in [2.24, 2.45) is 17.4 Å². The molecule has 0 radical (unpaired) electrons. The molecule has 3 aliphatic heterocycles. The van der Waals surface area contributed by atoms with Gasteiger partial charge in [0, 0.05) is 30.8 Å². The van der Waals surface area contributed by atoms with Crippen LogP contribution in [0.3, 0.4) is 0 Å². The number of methoxy groups -OCH3 is 1. The molecule has 3 unspecified atom stereocenters. The summed E-state index contributed by atoms with van der Waals surface area (Å²) in [5, 5.41) is 3.28. The maximum absolute atomic E-state index is 12.8. The van der Waals surface area contributed by atoms with Gasteiger partial charge in [-0.3, -0.25) is 9.59 Å². The van der Waals surface area contributed by atoms with Crippen LogP contribution in [0.1, 0.15) is 6.92 Å². The van der Waals surface area contributed by atoms with Crippen LogP contribution >= 0.6 is 0 Å². The zero-order valence-electron chi connectivity index (χ0n) is 13.3. The Morgan fingerprint density at radius 2 is 2.12 bits per heavy atom. The van der Waals surface area contributed by atoms with E-state index in [4.69, 9.17) is 20.9 Å². The van der Waals surface area contributed by atoms with E-state index in [1.165, 1.54) is 14.0 Å². The van der Waals surface area contributed by atoms with Crippen LogP contribution in [-0.2, 0) is 19.1 Å². The molecule has 0 bridgehead atoms. The van der Waals surface area contributed by atoms with Gasteiger partial charge in [0.05, 0.1) is 23.4 Å². The molecule has 4 atom stereocenters. The maximum atomic E-state index is 12.8. The van der Waals surface area contributed by atoms with Crippen LogP contribution in [0.25, 0.3) is 0 Å². The highest BCUT2D eigenvalue weighted by molar-refractivity contribution is 6.25. The van der Waals surface area contributed by atoms with Gasteiger partial charge < -0.3 is 31.2 Å². The van der Waals surface area contributed by atoms with Crippen LogP contribution < -0.4 is 16.8 Å². The number of nitrogens with zero attached hydrogens (tertiary/aromatic N) is 1. The van der Waals surface area contributed by atoms with E-state index >= 15 is 0 Å². The third kappa shape index (κ3) is 1.58. The lowest BCUT2D eigenvalue weighted by molar-refractivity contribution is -0.137. The van der Waals surface area contributed by atoms with Gasteiger partial charge in [-0.25, -0.2) is 4.79 Å². The Kier molecular flexibility index (Phi) is 2.89. The van der Waals surface area contributed by atoms with E-state index in [0.29, 0.717) is 12.2 Å². The zero-order valence-corrected chi connectivity index (χ0v) is 13.3. The summed E-state index contributed by atoms with van der Waals surface area (Å²) < 4.78 is 10.8. The summed E-state index contributed by atoms with van der Waals surface area (Å²) in [5.41, 5.74) is 10.7. The predicted octanol–water partition coefficient (Wildman–Crippen LogP) is -1.65. The number of hydrogen-bond acceptors (Lipinski definition) is 8. The van der Waals surface area contributed by atoms with Crippen LogP contribution in [0.2, 0.25) is 0 Å². The number of fused-ring (bicyclic) bond motifs is 4. The van der Waals surface area contributed by atoms with Crippen molar-refractivity contribution in [3.05, 3.63) is 22.5 Å². The number of allylic oxidation sites excluding steroid dienone is 2. The topological polar surface area (TPSA) is 147 Å². The fraction of sp³-hybridized carbons (Fsp3) is 0.533. The molecule has 4 rings (SSSR count). The largest absolute Gasteiger partial charge is 0.449 e. The number of ketones is 2. The van der Waals surface area contributed by atoms with Crippen molar-refractivity contribution in [3.8, 4) is 0 Å². The Hall–Kier alpha value is -2.39. The van der Waals surface area contributed by atoms with Gasteiger partial charge in [-0.1, -0.05) is 0 Å². The normalized spacial score (nSPS) is 36.8. The van der Waals surface area contributed by atoms with Gasteiger partial charge in [0.1, 0.15) is 6.61 Å². The van der Waals surface area contributed by atoms with E-state index in [1.807, 2.05) is 4.90 Å². The molecule has 0 spiro atoms. The van der Waals surface area contributed by atoms with Gasteiger partial charge in [-0.15, -0.1) is 0 Å². The minimum atomic E-state index is -0.957. The molecule has 0 aromatic heterocycles. The van der Waals surface area contributed by atoms with Gasteiger partial charge in [-0.05, 0) is 6.92 Å². The van der Waals surface area contributed by atoms with Crippen molar-refractivity contribution >= 4 is 17.7 Å². The minimum Gasteiger partial charge on any atom is -0.449 e. The van der Waals surface area contributed by atoms with Crippen LogP contribution in [0, 0.1) is 5.92 Å². The Bertz CT molecular complexity index is 757. The number of nitrogens with one attached hydrogen (secondary N) is 1. The van der Waals surface area contributed by atoms with Crippen molar-refractivity contribution in [3.63, 3.8) is 0 Å². The molecule has 2 saturated heterocycles. The minimum absolute atomic E-state index is 0.0586. The van der Waals surface area contributed by atoms with Crippen LogP contribution in [0.4, 0.5) is 4.79 Å². The van der Waals surface area contributed by atoms with Crippen molar-refractivity contribution in [1.82, 2.24) is 10.2 Å². The number of primary amides is 1. The molecule has 1 amide bonds. The lowest BCUT2D eigenvalue weighted by Crippen LogP contribution is -2.55. The molecule has 9 heteroatoms. The smallest absolute Gasteiger partial charge is 0.404 e. The second-order valence-electron chi connectivity index (χ2n) is 6.46. The van der Waals surface area contributed by atoms with Crippen molar-refractivity contribution in [1.29, 1.82) is 0 Å². The van der Waals surface area contributed by atoms with E-state index in [9.17, 15) is 14.4 Å². The summed E-state index contributed by atoms with van der Waals surface area (Å²) in [6.07, 6.45) is -0.950. The van der Waals surface area contributed by atoms with Crippen molar-refractivity contribution < 1.29 is 23.9 Å². The number of amides is 1.